The van der Waals surface area contributed by atoms with Crippen LogP contribution in [0.3, 0.4) is 0 Å². The zero-order valence-corrected chi connectivity index (χ0v) is 7.04. The van der Waals surface area contributed by atoms with Gasteiger partial charge in [0.1, 0.15) is 0 Å². The van der Waals surface area contributed by atoms with Gasteiger partial charge in [-0.15, -0.1) is 0 Å². The van der Waals surface area contributed by atoms with E-state index in [1.807, 2.05) is 0 Å². The van der Waals surface area contributed by atoms with Gasteiger partial charge in [-0.05, 0) is 0 Å². The summed E-state index contributed by atoms with van der Waals surface area (Å²) in [7, 11) is 0. The number of hydrogen-bond donors (Lipinski definition) is 2. The zero-order valence-electron chi connectivity index (χ0n) is 4.83. The first kappa shape index (κ1) is 34.3. The summed E-state index contributed by atoms with van der Waals surface area (Å²) < 4.78 is 0. The summed E-state index contributed by atoms with van der Waals surface area (Å²) in [5, 5.41) is 13.9. The van der Waals surface area contributed by atoms with Crippen LogP contribution in [0.2, 0.25) is 0 Å². The van der Waals surface area contributed by atoms with Gasteiger partial charge in [-0.2, -0.15) is 0 Å². The Morgan fingerprint density at radius 3 is 1.38 bits per heavy atom. The molecule has 3 nitrogen and oxygen atoms in total. The molecule has 0 saturated carbocycles. The van der Waals surface area contributed by atoms with Crippen molar-refractivity contribution in [2.75, 3.05) is 0 Å². The quantitative estimate of drug-likeness (QED) is 0.456. The maximum atomic E-state index is 8.56. The van der Waals surface area contributed by atoms with E-state index in [9.17, 15) is 0 Å². The minimum absolute atomic E-state index is 0. The summed E-state index contributed by atoms with van der Waals surface area (Å²) in [6, 6.07) is 0. The normalized spacial score (nSPS) is 3.00. The van der Waals surface area contributed by atoms with Gasteiger partial charge in [0.2, 0.25) is 0 Å². The first-order valence-corrected chi connectivity index (χ1v) is 0.651. The summed E-state index contributed by atoms with van der Waals surface area (Å²) >= 11 is 0. The minimum Gasteiger partial charge on any atom is -1.00 e. The Bertz CT molecular complexity index is 46.8. The van der Waals surface area contributed by atoms with Gasteiger partial charge in [-0.25, -0.2) is 4.79 Å². The van der Waals surface area contributed by atoms with Gasteiger partial charge in [0.15, 0.2) is 0 Å². The van der Waals surface area contributed by atoms with Crippen molar-refractivity contribution >= 4 is 6.16 Å². The Hall–Kier alpha value is 1.39. The average Bonchev–Trinajstić information content (AvgIpc) is 0.811. The molecule has 52 valence electrons. The summed E-state index contributed by atoms with van der Waals surface area (Å²) in [4.78, 5) is 8.56. The molecule has 0 aliphatic heterocycles. The third-order valence-electron chi connectivity index (χ3n) is 0. The number of rotatable bonds is 0. The Morgan fingerprint density at radius 1 is 1.38 bits per heavy atom. The number of carbonyl (C=O) groups is 1. The van der Waals surface area contributed by atoms with Gasteiger partial charge in [0.25, 0.3) is 0 Å². The van der Waals surface area contributed by atoms with Gasteiger partial charge in [0.05, 0.1) is 0 Å². The van der Waals surface area contributed by atoms with Crippen LogP contribution in [0.4, 0.5) is 4.79 Å². The van der Waals surface area contributed by atoms with Gasteiger partial charge in [0, 0.05) is 50.3 Å². The molecule has 0 aromatic rings. The molecular formula is CH3CoLiMnNiO3. The van der Waals surface area contributed by atoms with Crippen LogP contribution in [0.15, 0.2) is 0 Å². The van der Waals surface area contributed by atoms with Crippen molar-refractivity contribution < 1.29 is 85.6 Å². The molecule has 0 aliphatic rings. The van der Waals surface area contributed by atoms with E-state index in [2.05, 4.69) is 0 Å². The van der Waals surface area contributed by atoms with Gasteiger partial charge in [-0.3, -0.25) is 0 Å². The van der Waals surface area contributed by atoms with Crippen molar-refractivity contribution in [3.05, 3.63) is 0 Å². The van der Waals surface area contributed by atoms with Crippen LogP contribution in [-0.2, 0) is 50.3 Å². The minimum atomic E-state index is -1.83. The van der Waals surface area contributed by atoms with Crippen molar-refractivity contribution in [2.24, 2.45) is 0 Å². The standard InChI is InChI=1S/CH2O3.Co.Li.Mn.Ni.H/c2-1(3)4;;;;;/h(H2,2,3,4);;;;;/q;;+1;;;-1. The Morgan fingerprint density at radius 2 is 1.38 bits per heavy atom. The number of carboxylic acid groups (broad SMARTS) is 2. The predicted octanol–water partition coefficient (Wildman–Crippen LogP) is -2.67. The maximum absolute atomic E-state index is 8.56. The third kappa shape index (κ3) is 157. The van der Waals surface area contributed by atoms with Crippen LogP contribution >= 0.6 is 0 Å². The van der Waals surface area contributed by atoms with Gasteiger partial charge >= 0.3 is 25.0 Å². The van der Waals surface area contributed by atoms with E-state index >= 15 is 0 Å². The molecule has 0 heterocycles. The fourth-order valence-electron chi connectivity index (χ4n) is 0. The molecule has 8 heavy (non-hydrogen) atoms. The third-order valence-corrected chi connectivity index (χ3v) is 0. The molecule has 0 aromatic heterocycles. The first-order valence-electron chi connectivity index (χ1n) is 0.651. The van der Waals surface area contributed by atoms with E-state index in [1.165, 1.54) is 0 Å². The molecule has 2 radical (unpaired) electrons. The molecule has 0 unspecified atom stereocenters. The summed E-state index contributed by atoms with van der Waals surface area (Å²) in [5.74, 6) is 0. The summed E-state index contributed by atoms with van der Waals surface area (Å²) in [5.41, 5.74) is 0. The summed E-state index contributed by atoms with van der Waals surface area (Å²) in [6.45, 7) is 0. The molecule has 0 spiro atoms. The average molecular weight is 243 g/mol. The second-order valence-electron chi connectivity index (χ2n) is 0.283. The van der Waals surface area contributed by atoms with Gasteiger partial charge < -0.3 is 11.6 Å². The second-order valence-corrected chi connectivity index (χ2v) is 0.283. The molecule has 0 atom stereocenters. The summed E-state index contributed by atoms with van der Waals surface area (Å²) in [6.07, 6.45) is -1.83. The molecular weight excluding hydrogens is 240 g/mol. The Labute approximate surface area is 91.2 Å². The molecule has 0 saturated heterocycles. The van der Waals surface area contributed by atoms with E-state index in [1.54, 1.807) is 0 Å². The van der Waals surface area contributed by atoms with Crippen LogP contribution in [-0.4, -0.2) is 16.4 Å². The molecule has 0 aromatic carbocycles. The van der Waals surface area contributed by atoms with E-state index in [0.717, 1.165) is 0 Å². The fraction of sp³-hybridized carbons (Fsp3) is 0. The monoisotopic (exact) mass is 242 g/mol. The first-order chi connectivity index (χ1) is 1.73. The second kappa shape index (κ2) is 23.8. The van der Waals surface area contributed by atoms with Crippen molar-refractivity contribution in [1.82, 2.24) is 0 Å². The molecule has 0 fully saturated rings. The molecule has 0 aliphatic carbocycles. The van der Waals surface area contributed by atoms with Crippen LogP contribution in [0.5, 0.6) is 0 Å². The van der Waals surface area contributed by atoms with Crippen LogP contribution in [0.25, 0.3) is 0 Å². The van der Waals surface area contributed by atoms with Crippen LogP contribution in [0.1, 0.15) is 1.43 Å². The van der Waals surface area contributed by atoms with E-state index < -0.39 is 6.16 Å². The van der Waals surface area contributed by atoms with E-state index in [0.29, 0.717) is 0 Å². The SMILES string of the molecule is O=C(O)O.[Co].[H-].[Li+].[Mn].[Ni]. The zero-order chi connectivity index (χ0) is 3.58. The number of hydrogen-bond acceptors (Lipinski definition) is 1. The molecule has 0 rings (SSSR count). The Balaban J connectivity index is -0.00000000450. The largest absolute Gasteiger partial charge is 1.00 e. The molecule has 0 amide bonds. The topological polar surface area (TPSA) is 57.5 Å². The predicted molar refractivity (Wildman–Crippen MR) is 11.8 cm³/mol. The smallest absolute Gasteiger partial charge is 1.00 e. The van der Waals surface area contributed by atoms with E-state index in [4.69, 9.17) is 15.0 Å². The maximum Gasteiger partial charge on any atom is 1.00 e. The van der Waals surface area contributed by atoms with Crippen molar-refractivity contribution in [1.29, 1.82) is 0 Å². The van der Waals surface area contributed by atoms with Gasteiger partial charge in [-0.1, -0.05) is 0 Å². The molecule has 0 bridgehead atoms. The Kier molecular flexibility index (Phi) is 102. The van der Waals surface area contributed by atoms with Crippen LogP contribution in [0, 0.1) is 0 Å². The van der Waals surface area contributed by atoms with Crippen molar-refractivity contribution in [3.63, 3.8) is 0 Å². The molecule has 2 N–H and O–H groups in total. The van der Waals surface area contributed by atoms with Crippen LogP contribution < -0.4 is 18.9 Å². The van der Waals surface area contributed by atoms with E-state index in [-0.39, 0.29) is 70.6 Å². The van der Waals surface area contributed by atoms with Crippen molar-refractivity contribution in [2.45, 2.75) is 0 Å². The fourth-order valence-corrected chi connectivity index (χ4v) is 0. The molecule has 7 heteroatoms. The van der Waals surface area contributed by atoms with Crippen molar-refractivity contribution in [3.8, 4) is 0 Å².